The summed E-state index contributed by atoms with van der Waals surface area (Å²) < 4.78 is 0. The van der Waals surface area contributed by atoms with Crippen LogP contribution in [0.2, 0.25) is 0 Å². The number of carbonyl (C=O) groups is 2. The molecule has 0 aliphatic rings. The van der Waals surface area contributed by atoms with Gasteiger partial charge in [-0.25, -0.2) is 0 Å². The summed E-state index contributed by atoms with van der Waals surface area (Å²) in [5.74, 6) is 0.211. The molecule has 0 aliphatic heterocycles. The molecule has 1 N–H and O–H groups in total. The molecule has 28 heavy (non-hydrogen) atoms. The molecule has 0 aromatic heterocycles. The normalized spacial score (nSPS) is 11.9. The molecule has 0 fully saturated rings. The van der Waals surface area contributed by atoms with Gasteiger partial charge in [-0.1, -0.05) is 67.9 Å². The summed E-state index contributed by atoms with van der Waals surface area (Å²) in [6, 6.07) is 15.4. The van der Waals surface area contributed by atoms with Crippen LogP contribution in [0.5, 0.6) is 0 Å². The molecule has 0 bridgehead atoms. The second kappa shape index (κ2) is 10.1. The number of hydrogen-bond acceptors (Lipinski definition) is 2. The van der Waals surface area contributed by atoms with Crippen LogP contribution in [0.1, 0.15) is 43.0 Å². The zero-order chi connectivity index (χ0) is 20.7. The smallest absolute Gasteiger partial charge is 0.242 e. The van der Waals surface area contributed by atoms with Crippen molar-refractivity contribution in [2.24, 2.45) is 5.92 Å². The Kier molecular flexibility index (Phi) is 7.80. The van der Waals surface area contributed by atoms with Crippen LogP contribution in [0.15, 0.2) is 48.5 Å². The van der Waals surface area contributed by atoms with Crippen molar-refractivity contribution in [2.45, 2.75) is 53.6 Å². The lowest BCUT2D eigenvalue weighted by molar-refractivity contribution is -0.140. The predicted molar refractivity (Wildman–Crippen MR) is 114 cm³/mol. The van der Waals surface area contributed by atoms with Crippen molar-refractivity contribution in [1.82, 2.24) is 10.2 Å². The highest BCUT2D eigenvalue weighted by Gasteiger charge is 2.26. The summed E-state index contributed by atoms with van der Waals surface area (Å²) in [4.78, 5) is 27.5. The van der Waals surface area contributed by atoms with Gasteiger partial charge in [-0.15, -0.1) is 0 Å². The Balaban J connectivity index is 2.21. The molecule has 0 saturated heterocycles. The monoisotopic (exact) mass is 380 g/mol. The molecule has 2 aromatic rings. The van der Waals surface area contributed by atoms with Gasteiger partial charge in [0.2, 0.25) is 11.8 Å². The standard InChI is InChI=1S/C24H32N2O2/c1-17(2)15-25-24(28)20(5)26(16-22-9-7-6-8-19(22)4)23(27)14-21-12-10-18(3)11-13-21/h6-13,17,20H,14-16H2,1-5H3,(H,25,28). The largest absolute Gasteiger partial charge is 0.354 e. The summed E-state index contributed by atoms with van der Waals surface area (Å²) in [6.07, 6.45) is 0.286. The first-order valence-electron chi connectivity index (χ1n) is 9.95. The first-order valence-corrected chi connectivity index (χ1v) is 9.95. The third kappa shape index (κ3) is 6.22. The van der Waals surface area contributed by atoms with Crippen molar-refractivity contribution >= 4 is 11.8 Å². The molecule has 0 spiro atoms. The van der Waals surface area contributed by atoms with Crippen molar-refractivity contribution in [1.29, 1.82) is 0 Å². The van der Waals surface area contributed by atoms with Gasteiger partial charge in [0.15, 0.2) is 0 Å². The van der Waals surface area contributed by atoms with Crippen molar-refractivity contribution in [3.05, 3.63) is 70.8 Å². The molecule has 1 unspecified atom stereocenters. The van der Waals surface area contributed by atoms with Gasteiger partial charge in [0.05, 0.1) is 6.42 Å². The fraction of sp³-hybridized carbons (Fsp3) is 0.417. The van der Waals surface area contributed by atoms with Crippen LogP contribution in [-0.2, 0) is 22.6 Å². The summed E-state index contributed by atoms with van der Waals surface area (Å²) in [6.45, 7) is 11.0. The van der Waals surface area contributed by atoms with E-state index in [1.807, 2.05) is 62.4 Å². The Morgan fingerprint density at radius 3 is 2.21 bits per heavy atom. The van der Waals surface area contributed by atoms with Gasteiger partial charge >= 0.3 is 0 Å². The van der Waals surface area contributed by atoms with E-state index in [1.165, 1.54) is 0 Å². The molecule has 2 rings (SSSR count). The second-order valence-corrected chi connectivity index (χ2v) is 7.93. The number of rotatable bonds is 8. The van der Waals surface area contributed by atoms with Gasteiger partial charge in [0.1, 0.15) is 6.04 Å². The molecule has 150 valence electrons. The summed E-state index contributed by atoms with van der Waals surface area (Å²) in [7, 11) is 0. The van der Waals surface area contributed by atoms with E-state index in [2.05, 4.69) is 19.2 Å². The first-order chi connectivity index (χ1) is 13.3. The number of nitrogens with zero attached hydrogens (tertiary/aromatic N) is 1. The van der Waals surface area contributed by atoms with E-state index in [9.17, 15) is 9.59 Å². The van der Waals surface area contributed by atoms with E-state index < -0.39 is 6.04 Å². The third-order valence-electron chi connectivity index (χ3n) is 4.93. The molecule has 0 saturated carbocycles. The summed E-state index contributed by atoms with van der Waals surface area (Å²) in [5.41, 5.74) is 4.29. The Hall–Kier alpha value is -2.62. The van der Waals surface area contributed by atoms with Crippen LogP contribution in [-0.4, -0.2) is 29.3 Å². The minimum Gasteiger partial charge on any atom is -0.354 e. The van der Waals surface area contributed by atoms with E-state index in [1.54, 1.807) is 11.8 Å². The number of amides is 2. The number of benzene rings is 2. The quantitative estimate of drug-likeness (QED) is 0.751. The van der Waals surface area contributed by atoms with E-state index in [0.717, 1.165) is 22.3 Å². The van der Waals surface area contributed by atoms with Gasteiger partial charge < -0.3 is 10.2 Å². The van der Waals surface area contributed by atoms with E-state index in [4.69, 9.17) is 0 Å². The highest BCUT2D eigenvalue weighted by Crippen LogP contribution is 2.15. The Bertz CT molecular complexity index is 797. The molecule has 1 atom stereocenters. The number of hydrogen-bond donors (Lipinski definition) is 1. The Labute approximate surface area is 169 Å². The molecular formula is C24H32N2O2. The van der Waals surface area contributed by atoms with Crippen LogP contribution in [0.3, 0.4) is 0 Å². The first kappa shape index (κ1) is 21.7. The molecule has 0 radical (unpaired) electrons. The van der Waals surface area contributed by atoms with E-state index in [-0.39, 0.29) is 18.2 Å². The Morgan fingerprint density at radius 2 is 1.61 bits per heavy atom. The number of nitrogens with one attached hydrogen (secondary N) is 1. The summed E-state index contributed by atoms with van der Waals surface area (Å²) >= 11 is 0. The maximum absolute atomic E-state index is 13.1. The highest BCUT2D eigenvalue weighted by molar-refractivity contribution is 5.88. The predicted octanol–water partition coefficient (Wildman–Crippen LogP) is 4.04. The maximum Gasteiger partial charge on any atom is 0.242 e. The van der Waals surface area contributed by atoms with Crippen LogP contribution < -0.4 is 5.32 Å². The van der Waals surface area contributed by atoms with Gasteiger partial charge in [-0.05, 0) is 43.4 Å². The van der Waals surface area contributed by atoms with E-state index in [0.29, 0.717) is 19.0 Å². The van der Waals surface area contributed by atoms with Crippen molar-refractivity contribution in [2.75, 3.05) is 6.54 Å². The lowest BCUT2D eigenvalue weighted by Gasteiger charge is -2.29. The van der Waals surface area contributed by atoms with Crippen molar-refractivity contribution in [3.8, 4) is 0 Å². The minimum atomic E-state index is -0.531. The van der Waals surface area contributed by atoms with Crippen LogP contribution >= 0.6 is 0 Å². The molecule has 4 nitrogen and oxygen atoms in total. The number of carbonyl (C=O) groups excluding carboxylic acids is 2. The molecule has 4 heteroatoms. The molecule has 0 heterocycles. The minimum absolute atomic E-state index is 0.0423. The molecule has 2 aromatic carbocycles. The van der Waals surface area contributed by atoms with Crippen LogP contribution in [0.4, 0.5) is 0 Å². The maximum atomic E-state index is 13.1. The topological polar surface area (TPSA) is 49.4 Å². The van der Waals surface area contributed by atoms with Crippen LogP contribution in [0.25, 0.3) is 0 Å². The zero-order valence-electron chi connectivity index (χ0n) is 17.7. The molecule has 0 aliphatic carbocycles. The van der Waals surface area contributed by atoms with Gasteiger partial charge in [-0.2, -0.15) is 0 Å². The van der Waals surface area contributed by atoms with Crippen molar-refractivity contribution < 1.29 is 9.59 Å². The third-order valence-corrected chi connectivity index (χ3v) is 4.93. The lowest BCUT2D eigenvalue weighted by Crippen LogP contribution is -2.48. The Morgan fingerprint density at radius 1 is 0.964 bits per heavy atom. The van der Waals surface area contributed by atoms with Gasteiger partial charge in [0, 0.05) is 13.1 Å². The lowest BCUT2D eigenvalue weighted by atomic mass is 10.1. The molecule has 2 amide bonds. The fourth-order valence-corrected chi connectivity index (χ4v) is 2.99. The summed E-state index contributed by atoms with van der Waals surface area (Å²) in [5, 5.41) is 2.96. The molecular weight excluding hydrogens is 348 g/mol. The second-order valence-electron chi connectivity index (χ2n) is 7.93. The van der Waals surface area contributed by atoms with Gasteiger partial charge in [0.25, 0.3) is 0 Å². The van der Waals surface area contributed by atoms with Crippen molar-refractivity contribution in [3.63, 3.8) is 0 Å². The number of aryl methyl sites for hydroxylation is 2. The fourth-order valence-electron chi connectivity index (χ4n) is 2.99. The van der Waals surface area contributed by atoms with Crippen LogP contribution in [0, 0.1) is 19.8 Å². The average molecular weight is 381 g/mol. The van der Waals surface area contributed by atoms with E-state index >= 15 is 0 Å². The highest BCUT2D eigenvalue weighted by atomic mass is 16.2. The van der Waals surface area contributed by atoms with Gasteiger partial charge in [-0.3, -0.25) is 9.59 Å². The zero-order valence-corrected chi connectivity index (χ0v) is 17.7. The SMILES string of the molecule is Cc1ccc(CC(=O)N(Cc2ccccc2C)C(C)C(=O)NCC(C)C)cc1. The average Bonchev–Trinajstić information content (AvgIpc) is 2.66.